The van der Waals surface area contributed by atoms with Gasteiger partial charge >= 0.3 is 0 Å². The molecule has 0 saturated heterocycles. The number of hydrogen-bond acceptors (Lipinski definition) is 3. The zero-order valence-corrected chi connectivity index (χ0v) is 11.2. The maximum atomic E-state index is 12.0. The molecule has 0 atom stereocenters. The zero-order chi connectivity index (χ0) is 13.7. The fraction of sp³-hybridized carbons (Fsp3) is 0.467. The van der Waals surface area contributed by atoms with E-state index in [1.807, 2.05) is 18.2 Å². The van der Waals surface area contributed by atoms with Gasteiger partial charge in [0.25, 0.3) is 0 Å². The van der Waals surface area contributed by atoms with Gasteiger partial charge in [0.15, 0.2) is 5.78 Å². The molecule has 1 aromatic carbocycles. The molecule has 2 rings (SSSR count). The zero-order valence-electron chi connectivity index (χ0n) is 11.2. The van der Waals surface area contributed by atoms with Gasteiger partial charge < -0.3 is 0 Å². The van der Waals surface area contributed by atoms with Crippen molar-refractivity contribution in [3.63, 3.8) is 0 Å². The van der Waals surface area contributed by atoms with Crippen LogP contribution in [-0.2, 0) is 22.5 Å². The van der Waals surface area contributed by atoms with Crippen LogP contribution in [0.15, 0.2) is 18.2 Å². The highest BCUT2D eigenvalue weighted by Gasteiger charge is 2.14. The lowest BCUT2D eigenvalue weighted by Gasteiger charge is -2.05. The van der Waals surface area contributed by atoms with Crippen LogP contribution in [0.4, 0.5) is 0 Å². The van der Waals surface area contributed by atoms with Crippen molar-refractivity contribution in [2.24, 2.45) is 0 Å². The van der Waals surface area contributed by atoms with Crippen molar-refractivity contribution < 1.29 is 14.4 Å². The highest BCUT2D eigenvalue weighted by atomic mass is 16.6. The summed E-state index contributed by atoms with van der Waals surface area (Å²) in [6.45, 7) is 2.21. The molecule has 0 saturated carbocycles. The Morgan fingerprint density at radius 1 is 1.21 bits per heavy atom. The van der Waals surface area contributed by atoms with Crippen molar-refractivity contribution in [3.8, 4) is 0 Å². The molecule has 0 radical (unpaired) electrons. The molecular formula is C15H19NO3. The smallest absolute Gasteiger partial charge is 0.243 e. The van der Waals surface area contributed by atoms with E-state index in [0.29, 0.717) is 12.2 Å². The number of hydroxylamine groups is 1. The Bertz CT molecular complexity index is 482. The first-order valence-electron chi connectivity index (χ1n) is 6.76. The lowest BCUT2D eigenvalue weighted by molar-refractivity contribution is -0.133. The monoisotopic (exact) mass is 261 g/mol. The van der Waals surface area contributed by atoms with Crippen LogP contribution in [0.1, 0.15) is 47.7 Å². The van der Waals surface area contributed by atoms with E-state index in [1.54, 1.807) is 6.92 Å². The third-order valence-corrected chi connectivity index (χ3v) is 3.33. The van der Waals surface area contributed by atoms with Gasteiger partial charge in [-0.2, -0.15) is 0 Å². The summed E-state index contributed by atoms with van der Waals surface area (Å²) in [6, 6.07) is 5.88. The molecule has 0 bridgehead atoms. The van der Waals surface area contributed by atoms with Crippen LogP contribution in [0, 0.1) is 0 Å². The Labute approximate surface area is 113 Å². The van der Waals surface area contributed by atoms with E-state index in [4.69, 9.17) is 4.84 Å². The van der Waals surface area contributed by atoms with Gasteiger partial charge in [-0.05, 0) is 43.4 Å². The number of benzene rings is 1. The van der Waals surface area contributed by atoms with E-state index >= 15 is 0 Å². The minimum absolute atomic E-state index is 0.0151. The molecule has 19 heavy (non-hydrogen) atoms. The van der Waals surface area contributed by atoms with Crippen LogP contribution in [0.5, 0.6) is 0 Å². The van der Waals surface area contributed by atoms with Crippen LogP contribution < -0.4 is 5.48 Å². The SMILES string of the molecule is CCONC(=O)CCC(=O)c1ccc2c(c1)CCC2. The molecule has 0 unspecified atom stereocenters. The van der Waals surface area contributed by atoms with Crippen molar-refractivity contribution in [1.82, 2.24) is 5.48 Å². The molecule has 0 fully saturated rings. The minimum atomic E-state index is -0.253. The average Bonchev–Trinajstić information content (AvgIpc) is 2.89. The minimum Gasteiger partial charge on any atom is -0.294 e. The molecule has 0 spiro atoms. The lowest BCUT2D eigenvalue weighted by atomic mass is 10.0. The summed E-state index contributed by atoms with van der Waals surface area (Å²) >= 11 is 0. The van der Waals surface area contributed by atoms with E-state index in [0.717, 1.165) is 12.8 Å². The first-order valence-corrected chi connectivity index (χ1v) is 6.76. The van der Waals surface area contributed by atoms with Gasteiger partial charge in [-0.3, -0.25) is 14.4 Å². The standard InChI is InChI=1S/C15H19NO3/c1-2-19-16-15(18)9-8-14(17)13-7-6-11-4-3-5-12(11)10-13/h6-7,10H,2-5,8-9H2,1H3,(H,16,18). The molecular weight excluding hydrogens is 242 g/mol. The summed E-state index contributed by atoms with van der Waals surface area (Å²) in [5, 5.41) is 0. The Morgan fingerprint density at radius 2 is 2.00 bits per heavy atom. The van der Waals surface area contributed by atoms with E-state index in [2.05, 4.69) is 5.48 Å². The molecule has 0 aliphatic heterocycles. The molecule has 0 heterocycles. The number of aryl methyl sites for hydroxylation is 2. The van der Waals surface area contributed by atoms with Gasteiger partial charge in [0, 0.05) is 18.4 Å². The Hall–Kier alpha value is -1.68. The summed E-state index contributed by atoms with van der Waals surface area (Å²) in [5.74, 6) is -0.238. The summed E-state index contributed by atoms with van der Waals surface area (Å²) in [6.07, 6.45) is 3.72. The number of nitrogens with one attached hydrogen (secondary N) is 1. The Balaban J connectivity index is 1.88. The van der Waals surface area contributed by atoms with Crippen molar-refractivity contribution >= 4 is 11.7 Å². The third-order valence-electron chi connectivity index (χ3n) is 3.33. The number of rotatable bonds is 6. The molecule has 1 aliphatic rings. The first kappa shape index (κ1) is 13.7. The van der Waals surface area contributed by atoms with Crippen molar-refractivity contribution in [2.45, 2.75) is 39.0 Å². The number of ketones is 1. The van der Waals surface area contributed by atoms with Gasteiger partial charge in [0.1, 0.15) is 0 Å². The van der Waals surface area contributed by atoms with Gasteiger partial charge in [0.2, 0.25) is 5.91 Å². The largest absolute Gasteiger partial charge is 0.294 e. The Kier molecular flexibility index (Phi) is 4.68. The van der Waals surface area contributed by atoms with Gasteiger partial charge in [-0.25, -0.2) is 5.48 Å². The molecule has 1 aliphatic carbocycles. The molecule has 1 amide bonds. The van der Waals surface area contributed by atoms with Gasteiger partial charge in [-0.15, -0.1) is 0 Å². The van der Waals surface area contributed by atoms with Gasteiger partial charge in [-0.1, -0.05) is 12.1 Å². The fourth-order valence-corrected chi connectivity index (χ4v) is 2.32. The molecule has 1 aromatic rings. The molecule has 4 heteroatoms. The third kappa shape index (κ3) is 3.64. The predicted molar refractivity (Wildman–Crippen MR) is 71.8 cm³/mol. The topological polar surface area (TPSA) is 55.4 Å². The predicted octanol–water partition coefficient (Wildman–Crippen LogP) is 2.21. The number of fused-ring (bicyclic) bond motifs is 1. The highest BCUT2D eigenvalue weighted by Crippen LogP contribution is 2.23. The van der Waals surface area contributed by atoms with Crippen LogP contribution in [-0.4, -0.2) is 18.3 Å². The number of carbonyl (C=O) groups is 2. The first-order chi connectivity index (χ1) is 9.20. The Morgan fingerprint density at radius 3 is 2.79 bits per heavy atom. The maximum absolute atomic E-state index is 12.0. The van der Waals surface area contributed by atoms with E-state index in [1.165, 1.54) is 17.5 Å². The van der Waals surface area contributed by atoms with Crippen LogP contribution in [0.3, 0.4) is 0 Å². The quantitative estimate of drug-likeness (QED) is 0.631. The van der Waals surface area contributed by atoms with Crippen LogP contribution in [0.2, 0.25) is 0 Å². The fourth-order valence-electron chi connectivity index (χ4n) is 2.32. The second-order valence-electron chi connectivity index (χ2n) is 4.72. The van der Waals surface area contributed by atoms with E-state index in [9.17, 15) is 9.59 Å². The van der Waals surface area contributed by atoms with Crippen molar-refractivity contribution in [3.05, 3.63) is 34.9 Å². The highest BCUT2D eigenvalue weighted by molar-refractivity contribution is 5.98. The molecule has 0 aromatic heterocycles. The lowest BCUT2D eigenvalue weighted by Crippen LogP contribution is -2.24. The van der Waals surface area contributed by atoms with Crippen LogP contribution >= 0.6 is 0 Å². The second-order valence-corrected chi connectivity index (χ2v) is 4.72. The average molecular weight is 261 g/mol. The van der Waals surface area contributed by atoms with E-state index in [-0.39, 0.29) is 24.5 Å². The maximum Gasteiger partial charge on any atom is 0.243 e. The number of Topliss-reactive ketones (excluding diaryl/α,β-unsaturated/α-hetero) is 1. The summed E-state index contributed by atoms with van der Waals surface area (Å²) in [5.41, 5.74) is 5.64. The molecule has 102 valence electrons. The van der Waals surface area contributed by atoms with Crippen molar-refractivity contribution in [1.29, 1.82) is 0 Å². The summed E-state index contributed by atoms with van der Waals surface area (Å²) < 4.78 is 0. The number of hydrogen-bond donors (Lipinski definition) is 1. The molecule has 4 nitrogen and oxygen atoms in total. The van der Waals surface area contributed by atoms with E-state index < -0.39 is 0 Å². The summed E-state index contributed by atoms with van der Waals surface area (Å²) in [7, 11) is 0. The number of carbonyl (C=O) groups excluding carboxylic acids is 2. The van der Waals surface area contributed by atoms with Crippen LogP contribution in [0.25, 0.3) is 0 Å². The van der Waals surface area contributed by atoms with Crippen molar-refractivity contribution in [2.75, 3.05) is 6.61 Å². The molecule has 1 N–H and O–H groups in total. The summed E-state index contributed by atoms with van der Waals surface area (Å²) in [4.78, 5) is 28.1. The second kappa shape index (κ2) is 6.48. The normalized spacial score (nSPS) is 13.1. The van der Waals surface area contributed by atoms with Gasteiger partial charge in [0.05, 0.1) is 6.61 Å². The number of amides is 1.